The first-order chi connectivity index (χ1) is 7.76. The molecule has 0 aliphatic heterocycles. The quantitative estimate of drug-likeness (QED) is 0.839. The molecule has 0 bridgehead atoms. The smallest absolute Gasteiger partial charge is 0.326 e. The lowest BCUT2D eigenvalue weighted by atomic mass is 10.3. The van der Waals surface area contributed by atoms with Gasteiger partial charge < -0.3 is 14.5 Å². The average Bonchev–Trinajstić information content (AvgIpc) is 2.61. The number of aromatic nitrogens is 2. The van der Waals surface area contributed by atoms with Crippen LogP contribution in [0.1, 0.15) is 0 Å². The van der Waals surface area contributed by atoms with E-state index in [1.165, 1.54) is 0 Å². The Kier molecular flexibility index (Phi) is 2.96. The minimum Gasteiger partial charge on any atom is -0.497 e. The van der Waals surface area contributed by atoms with Crippen LogP contribution < -0.4 is 10.4 Å². The molecule has 1 N–H and O–H groups in total. The summed E-state index contributed by atoms with van der Waals surface area (Å²) in [5.41, 5.74) is 1.52. The maximum atomic E-state index is 11.7. The van der Waals surface area contributed by atoms with E-state index in [-0.39, 0.29) is 5.69 Å². The fourth-order valence-corrected chi connectivity index (χ4v) is 1.66. The van der Waals surface area contributed by atoms with Crippen molar-refractivity contribution in [1.29, 1.82) is 0 Å². The van der Waals surface area contributed by atoms with Crippen molar-refractivity contribution >= 4 is 11.0 Å². The van der Waals surface area contributed by atoms with Crippen LogP contribution in [-0.2, 0) is 11.3 Å². The normalized spacial score (nSPS) is 10.9. The fraction of sp³-hybridized carbons (Fsp3) is 0.364. The molecule has 86 valence electrons. The highest BCUT2D eigenvalue weighted by Crippen LogP contribution is 2.17. The topological polar surface area (TPSA) is 56.2 Å². The Morgan fingerprint density at radius 1 is 1.38 bits per heavy atom. The maximum Gasteiger partial charge on any atom is 0.326 e. The molecule has 1 aromatic carbocycles. The number of hydrogen-bond donors (Lipinski definition) is 1. The summed E-state index contributed by atoms with van der Waals surface area (Å²) in [5.74, 6) is 0.734. The number of hydrogen-bond acceptors (Lipinski definition) is 3. The minimum absolute atomic E-state index is 0.125. The third-order valence-electron chi connectivity index (χ3n) is 2.50. The van der Waals surface area contributed by atoms with Gasteiger partial charge in [0.2, 0.25) is 0 Å². The van der Waals surface area contributed by atoms with Gasteiger partial charge in [-0.2, -0.15) is 0 Å². The van der Waals surface area contributed by atoms with Crippen LogP contribution >= 0.6 is 0 Å². The van der Waals surface area contributed by atoms with E-state index in [2.05, 4.69) is 4.98 Å². The van der Waals surface area contributed by atoms with E-state index in [1.807, 2.05) is 18.2 Å². The average molecular weight is 222 g/mol. The van der Waals surface area contributed by atoms with E-state index in [0.717, 1.165) is 16.8 Å². The van der Waals surface area contributed by atoms with Gasteiger partial charge in [-0.05, 0) is 12.1 Å². The number of H-pyrrole nitrogens is 1. The number of methoxy groups -OCH3 is 2. The number of fused-ring (bicyclic) bond motifs is 1. The molecule has 0 atom stereocenters. The van der Waals surface area contributed by atoms with Gasteiger partial charge in [-0.3, -0.25) is 4.57 Å². The third-order valence-corrected chi connectivity index (χ3v) is 2.50. The molecule has 1 aromatic heterocycles. The lowest BCUT2D eigenvalue weighted by Gasteiger charge is -2.03. The van der Waals surface area contributed by atoms with Crippen LogP contribution in [0.2, 0.25) is 0 Å². The Morgan fingerprint density at radius 3 is 2.88 bits per heavy atom. The summed E-state index contributed by atoms with van der Waals surface area (Å²) in [4.78, 5) is 14.4. The third kappa shape index (κ3) is 1.81. The lowest BCUT2D eigenvalue weighted by molar-refractivity contribution is 0.187. The van der Waals surface area contributed by atoms with Gasteiger partial charge in [-0.1, -0.05) is 0 Å². The highest BCUT2D eigenvalue weighted by atomic mass is 16.5. The molecule has 0 unspecified atom stereocenters. The molecule has 0 aliphatic rings. The maximum absolute atomic E-state index is 11.7. The van der Waals surface area contributed by atoms with Gasteiger partial charge >= 0.3 is 5.69 Å². The van der Waals surface area contributed by atoms with Crippen molar-refractivity contribution in [2.75, 3.05) is 20.8 Å². The van der Waals surface area contributed by atoms with Crippen molar-refractivity contribution in [2.45, 2.75) is 6.54 Å². The van der Waals surface area contributed by atoms with E-state index < -0.39 is 0 Å². The van der Waals surface area contributed by atoms with Crippen molar-refractivity contribution in [2.24, 2.45) is 0 Å². The molecule has 2 aromatic rings. The van der Waals surface area contributed by atoms with Crippen LogP contribution in [0.3, 0.4) is 0 Å². The van der Waals surface area contributed by atoms with Crippen LogP contribution in [0.4, 0.5) is 0 Å². The number of ether oxygens (including phenoxy) is 2. The molecule has 0 saturated heterocycles. The number of nitrogens with one attached hydrogen (secondary N) is 1. The standard InChI is InChI=1S/C11H14N2O3/c1-15-6-5-13-10-7-8(16-2)3-4-9(10)12-11(13)14/h3-4,7H,5-6H2,1-2H3,(H,12,14). The van der Waals surface area contributed by atoms with Crippen molar-refractivity contribution in [3.8, 4) is 5.75 Å². The van der Waals surface area contributed by atoms with Gasteiger partial charge in [-0.15, -0.1) is 0 Å². The molecule has 0 fully saturated rings. The van der Waals surface area contributed by atoms with E-state index in [9.17, 15) is 4.79 Å². The number of benzene rings is 1. The number of rotatable bonds is 4. The molecule has 5 heteroatoms. The number of imidazole rings is 1. The first kappa shape index (κ1) is 10.8. The van der Waals surface area contributed by atoms with E-state index in [4.69, 9.17) is 9.47 Å². The second-order valence-electron chi connectivity index (χ2n) is 3.46. The molecule has 16 heavy (non-hydrogen) atoms. The summed E-state index contributed by atoms with van der Waals surface area (Å²) in [5, 5.41) is 0. The van der Waals surface area contributed by atoms with Crippen LogP contribution in [0, 0.1) is 0 Å². The van der Waals surface area contributed by atoms with Gasteiger partial charge in [0.05, 0.1) is 31.3 Å². The fourth-order valence-electron chi connectivity index (χ4n) is 1.66. The van der Waals surface area contributed by atoms with Gasteiger partial charge in [-0.25, -0.2) is 4.79 Å². The minimum atomic E-state index is -0.125. The van der Waals surface area contributed by atoms with E-state index in [1.54, 1.807) is 18.8 Å². The highest BCUT2D eigenvalue weighted by Gasteiger charge is 2.06. The molecule has 5 nitrogen and oxygen atoms in total. The summed E-state index contributed by atoms with van der Waals surface area (Å²) in [6.45, 7) is 1.03. The van der Waals surface area contributed by atoms with Crippen molar-refractivity contribution in [3.05, 3.63) is 28.7 Å². The molecule has 0 radical (unpaired) electrons. The number of nitrogens with zero attached hydrogens (tertiary/aromatic N) is 1. The first-order valence-electron chi connectivity index (χ1n) is 5.01. The second kappa shape index (κ2) is 4.40. The summed E-state index contributed by atoms with van der Waals surface area (Å²) < 4.78 is 11.7. The van der Waals surface area contributed by atoms with Crippen LogP contribution in [-0.4, -0.2) is 30.4 Å². The van der Waals surface area contributed by atoms with E-state index in [0.29, 0.717) is 13.2 Å². The van der Waals surface area contributed by atoms with Crippen molar-refractivity contribution in [3.63, 3.8) is 0 Å². The Balaban J connectivity index is 2.52. The van der Waals surface area contributed by atoms with Gasteiger partial charge in [0, 0.05) is 13.2 Å². The van der Waals surface area contributed by atoms with E-state index >= 15 is 0 Å². The predicted molar refractivity (Wildman–Crippen MR) is 61.0 cm³/mol. The Bertz CT molecular complexity index is 542. The molecule has 0 spiro atoms. The Hall–Kier alpha value is -1.75. The summed E-state index contributed by atoms with van der Waals surface area (Å²) in [6.07, 6.45) is 0. The molecular weight excluding hydrogens is 208 g/mol. The zero-order valence-corrected chi connectivity index (χ0v) is 9.32. The largest absolute Gasteiger partial charge is 0.497 e. The van der Waals surface area contributed by atoms with Gasteiger partial charge in [0.15, 0.2) is 0 Å². The zero-order valence-electron chi connectivity index (χ0n) is 9.32. The molecule has 2 rings (SSSR count). The monoisotopic (exact) mass is 222 g/mol. The van der Waals surface area contributed by atoms with Crippen LogP contribution in [0.15, 0.2) is 23.0 Å². The molecular formula is C11H14N2O3. The molecule has 1 heterocycles. The van der Waals surface area contributed by atoms with Gasteiger partial charge in [0.25, 0.3) is 0 Å². The van der Waals surface area contributed by atoms with Gasteiger partial charge in [0.1, 0.15) is 5.75 Å². The molecule has 0 saturated carbocycles. The summed E-state index contributed by atoms with van der Waals surface area (Å²) in [7, 11) is 3.21. The Morgan fingerprint density at radius 2 is 2.19 bits per heavy atom. The summed E-state index contributed by atoms with van der Waals surface area (Å²) in [6, 6.07) is 5.49. The molecule has 0 amide bonds. The van der Waals surface area contributed by atoms with Crippen molar-refractivity contribution in [1.82, 2.24) is 9.55 Å². The Labute approximate surface area is 92.6 Å². The highest BCUT2D eigenvalue weighted by molar-refractivity contribution is 5.76. The predicted octanol–water partition coefficient (Wildman–Crippen LogP) is 0.985. The lowest BCUT2D eigenvalue weighted by Crippen LogP contribution is -2.19. The van der Waals surface area contributed by atoms with Crippen LogP contribution in [0.5, 0.6) is 5.75 Å². The SMILES string of the molecule is COCCn1c(=O)[nH]c2ccc(OC)cc21. The number of aromatic amines is 1. The summed E-state index contributed by atoms with van der Waals surface area (Å²) >= 11 is 0. The zero-order chi connectivity index (χ0) is 11.5. The van der Waals surface area contributed by atoms with Crippen LogP contribution in [0.25, 0.3) is 11.0 Å². The molecule has 0 aliphatic carbocycles. The first-order valence-corrected chi connectivity index (χ1v) is 5.01. The second-order valence-corrected chi connectivity index (χ2v) is 3.46. The van der Waals surface area contributed by atoms with Crippen molar-refractivity contribution < 1.29 is 9.47 Å².